The fourth-order valence-corrected chi connectivity index (χ4v) is 4.95. The Morgan fingerprint density at radius 3 is 2.26 bits per heavy atom. The van der Waals surface area contributed by atoms with Gasteiger partial charge < -0.3 is 25.7 Å². The van der Waals surface area contributed by atoms with Crippen molar-refractivity contribution >= 4 is 41.8 Å². The highest BCUT2D eigenvalue weighted by molar-refractivity contribution is 6.31. The molecule has 39 heavy (non-hydrogen) atoms. The molecule has 0 bridgehead atoms. The van der Waals surface area contributed by atoms with Crippen LogP contribution in [0.25, 0.3) is 22.4 Å². The number of carbonyl (C=O) groups is 3. The summed E-state index contributed by atoms with van der Waals surface area (Å²) in [5, 5.41) is 3.05. The normalized spacial score (nSPS) is 15.5. The van der Waals surface area contributed by atoms with E-state index in [4.69, 9.17) is 27.1 Å². The van der Waals surface area contributed by atoms with E-state index in [9.17, 15) is 14.4 Å². The van der Waals surface area contributed by atoms with E-state index in [0.29, 0.717) is 28.8 Å². The summed E-state index contributed by atoms with van der Waals surface area (Å²) in [6.07, 6.45) is 0.913. The van der Waals surface area contributed by atoms with Crippen molar-refractivity contribution < 1.29 is 19.1 Å². The maximum atomic E-state index is 13.4. The molecule has 0 saturated carbocycles. The van der Waals surface area contributed by atoms with Gasteiger partial charge in [0.05, 0.1) is 19.7 Å². The molecule has 1 aliphatic rings. The number of hydrogen-bond acceptors (Lipinski definition) is 6. The second-order valence-corrected chi connectivity index (χ2v) is 9.99. The number of Topliss-reactive ketones (excluding diaryl/α,β-unsaturated/α-hetero) is 1. The summed E-state index contributed by atoms with van der Waals surface area (Å²) in [6, 6.07) is 14.2. The van der Waals surface area contributed by atoms with Crippen LogP contribution in [-0.4, -0.2) is 58.9 Å². The van der Waals surface area contributed by atoms with Gasteiger partial charge in [0.1, 0.15) is 22.7 Å². The monoisotopic (exact) mass is 573 g/mol. The van der Waals surface area contributed by atoms with Crippen LogP contribution in [0.15, 0.2) is 48.5 Å². The SMILES string of the molecule is COC(=O)N[C@H](C(=O)N1CCC[C@H]1c1nc(-c2ccc(-c3ccc(C(=O)CN)cc3)cc2)c(Cl)[nH]1)C(C)C.Cl. The van der Waals surface area contributed by atoms with Gasteiger partial charge in [0.15, 0.2) is 5.78 Å². The van der Waals surface area contributed by atoms with Crippen LogP contribution in [0, 0.1) is 5.92 Å². The average Bonchev–Trinajstić information content (AvgIpc) is 3.57. The number of hydrogen-bond donors (Lipinski definition) is 3. The number of aromatic amines is 1. The lowest BCUT2D eigenvalue weighted by Gasteiger charge is -2.29. The molecular weight excluding hydrogens is 541 g/mol. The lowest BCUT2D eigenvalue weighted by Crippen LogP contribution is -2.51. The Morgan fingerprint density at radius 2 is 1.69 bits per heavy atom. The number of likely N-dealkylation sites (tertiary alicyclic amines) is 1. The summed E-state index contributed by atoms with van der Waals surface area (Å²) in [5.74, 6) is 0.221. The topological polar surface area (TPSA) is 130 Å². The van der Waals surface area contributed by atoms with Gasteiger partial charge in [-0.15, -0.1) is 12.4 Å². The minimum atomic E-state index is -0.706. The summed E-state index contributed by atoms with van der Waals surface area (Å²) >= 11 is 6.57. The number of rotatable bonds is 8. The number of aromatic nitrogens is 2. The van der Waals surface area contributed by atoms with E-state index in [2.05, 4.69) is 10.3 Å². The Hall–Kier alpha value is -3.40. The van der Waals surface area contributed by atoms with Crippen LogP contribution in [-0.2, 0) is 9.53 Å². The number of nitrogens with zero attached hydrogens (tertiary/aromatic N) is 2. The Labute approximate surface area is 238 Å². The number of ketones is 1. The van der Waals surface area contributed by atoms with E-state index < -0.39 is 12.1 Å². The zero-order chi connectivity index (χ0) is 27.4. The molecular formula is C28H33Cl2N5O4. The molecule has 208 valence electrons. The number of benzene rings is 2. The van der Waals surface area contributed by atoms with E-state index in [-0.39, 0.29) is 42.6 Å². The average molecular weight is 575 g/mol. The number of H-pyrrole nitrogens is 1. The Morgan fingerprint density at radius 1 is 1.10 bits per heavy atom. The van der Waals surface area contributed by atoms with Crippen molar-refractivity contribution in [2.24, 2.45) is 11.7 Å². The molecule has 3 aromatic rings. The van der Waals surface area contributed by atoms with Crippen molar-refractivity contribution in [3.8, 4) is 22.4 Å². The quantitative estimate of drug-likeness (QED) is 0.325. The molecule has 2 aromatic carbocycles. The van der Waals surface area contributed by atoms with Crippen molar-refractivity contribution in [3.05, 3.63) is 65.1 Å². The third-order valence-corrected chi connectivity index (χ3v) is 7.08. The first-order chi connectivity index (χ1) is 18.2. The largest absolute Gasteiger partial charge is 0.453 e. The molecule has 9 nitrogen and oxygen atoms in total. The van der Waals surface area contributed by atoms with Crippen LogP contribution < -0.4 is 11.1 Å². The van der Waals surface area contributed by atoms with Gasteiger partial charge in [-0.2, -0.15) is 0 Å². The van der Waals surface area contributed by atoms with Crippen molar-refractivity contribution in [1.82, 2.24) is 20.2 Å². The summed E-state index contributed by atoms with van der Waals surface area (Å²) in [4.78, 5) is 46.7. The number of amides is 2. The highest BCUT2D eigenvalue weighted by atomic mass is 35.5. The first kappa shape index (κ1) is 30.1. The van der Waals surface area contributed by atoms with Gasteiger partial charge in [0, 0.05) is 17.7 Å². The lowest BCUT2D eigenvalue weighted by atomic mass is 10.0. The van der Waals surface area contributed by atoms with Crippen LogP contribution in [0.1, 0.15) is 48.9 Å². The molecule has 4 rings (SSSR count). The van der Waals surface area contributed by atoms with Crippen LogP contribution >= 0.6 is 24.0 Å². The second kappa shape index (κ2) is 13.1. The van der Waals surface area contributed by atoms with Gasteiger partial charge in [-0.05, 0) is 29.9 Å². The van der Waals surface area contributed by atoms with Gasteiger partial charge in [0.2, 0.25) is 5.91 Å². The van der Waals surface area contributed by atoms with E-state index in [1.807, 2.05) is 50.2 Å². The van der Waals surface area contributed by atoms with Crippen molar-refractivity contribution in [2.45, 2.75) is 38.8 Å². The lowest BCUT2D eigenvalue weighted by molar-refractivity contribution is -0.135. The van der Waals surface area contributed by atoms with Crippen molar-refractivity contribution in [1.29, 1.82) is 0 Å². The molecule has 2 atom stereocenters. The maximum absolute atomic E-state index is 13.4. The third kappa shape index (κ3) is 6.61. The number of methoxy groups -OCH3 is 1. The van der Waals surface area contributed by atoms with Gasteiger partial charge in [-0.3, -0.25) is 9.59 Å². The Kier molecular flexibility index (Phi) is 10.1. The summed E-state index contributed by atoms with van der Waals surface area (Å²) in [7, 11) is 1.27. The van der Waals surface area contributed by atoms with E-state index in [1.54, 1.807) is 17.0 Å². The number of imidazole rings is 1. The first-order valence-corrected chi connectivity index (χ1v) is 13.0. The number of alkyl carbamates (subject to hydrolysis) is 1. The van der Waals surface area contributed by atoms with Crippen molar-refractivity contribution in [2.75, 3.05) is 20.2 Å². The van der Waals surface area contributed by atoms with Crippen LogP contribution in [0.2, 0.25) is 5.15 Å². The summed E-state index contributed by atoms with van der Waals surface area (Å²) < 4.78 is 4.70. The molecule has 1 aliphatic heterocycles. The first-order valence-electron chi connectivity index (χ1n) is 12.6. The smallest absolute Gasteiger partial charge is 0.407 e. The number of carbonyl (C=O) groups excluding carboxylic acids is 3. The van der Waals surface area contributed by atoms with Gasteiger partial charge in [-0.25, -0.2) is 9.78 Å². The Bertz CT molecular complexity index is 1310. The molecule has 1 fully saturated rings. The molecule has 2 amide bonds. The fourth-order valence-electron chi connectivity index (χ4n) is 4.70. The van der Waals surface area contributed by atoms with Crippen molar-refractivity contribution in [3.63, 3.8) is 0 Å². The highest BCUT2D eigenvalue weighted by Gasteiger charge is 2.37. The number of nitrogens with one attached hydrogen (secondary N) is 2. The van der Waals surface area contributed by atoms with E-state index in [1.165, 1.54) is 7.11 Å². The fraction of sp³-hybridized carbons (Fsp3) is 0.357. The van der Waals surface area contributed by atoms with Gasteiger partial charge >= 0.3 is 6.09 Å². The predicted octanol–water partition coefficient (Wildman–Crippen LogP) is 5.00. The maximum Gasteiger partial charge on any atom is 0.407 e. The molecule has 4 N–H and O–H groups in total. The summed E-state index contributed by atoms with van der Waals surface area (Å²) in [6.45, 7) is 4.30. The van der Waals surface area contributed by atoms with Crippen LogP contribution in [0.4, 0.5) is 4.79 Å². The van der Waals surface area contributed by atoms with Gasteiger partial charge in [0.25, 0.3) is 0 Å². The molecule has 0 aliphatic carbocycles. The zero-order valence-electron chi connectivity index (χ0n) is 22.1. The molecule has 0 spiro atoms. The van der Waals surface area contributed by atoms with E-state index >= 15 is 0 Å². The molecule has 2 heterocycles. The standard InChI is InChI=1S/C28H32ClN5O4.ClH/c1-16(2)23(32-28(37)38-3)27(36)34-14-4-5-21(34)26-31-24(25(29)33-26)20-12-8-18(9-13-20)17-6-10-19(11-7-17)22(35)15-30;/h6-13,16,21,23H,4-5,14-15,30H2,1-3H3,(H,31,33)(H,32,37);1H/t21-,23-;/m0./s1. The highest BCUT2D eigenvalue weighted by Crippen LogP contribution is 2.36. The van der Waals surface area contributed by atoms with Crippen LogP contribution in [0.5, 0.6) is 0 Å². The number of halogens is 2. The zero-order valence-corrected chi connectivity index (χ0v) is 23.6. The second-order valence-electron chi connectivity index (χ2n) is 9.61. The molecule has 1 aromatic heterocycles. The molecule has 1 saturated heterocycles. The van der Waals surface area contributed by atoms with Gasteiger partial charge in [-0.1, -0.05) is 74.0 Å². The minimum Gasteiger partial charge on any atom is -0.453 e. The molecule has 0 radical (unpaired) electrons. The molecule has 11 heteroatoms. The summed E-state index contributed by atoms with van der Waals surface area (Å²) in [5.41, 5.74) is 9.42. The Balaban J connectivity index is 0.00000420. The number of ether oxygens (including phenoxy) is 1. The van der Waals surface area contributed by atoms with Crippen LogP contribution in [0.3, 0.4) is 0 Å². The molecule has 0 unspecified atom stereocenters. The number of nitrogens with two attached hydrogens (primary N) is 1. The third-order valence-electron chi connectivity index (χ3n) is 6.80. The minimum absolute atomic E-state index is 0. The van der Waals surface area contributed by atoms with E-state index in [0.717, 1.165) is 29.5 Å². The predicted molar refractivity (Wildman–Crippen MR) is 153 cm³/mol.